The van der Waals surface area contributed by atoms with Crippen LogP contribution in [0.1, 0.15) is 46.0 Å². The molecule has 1 rings (SSSR count). The Morgan fingerprint density at radius 2 is 2.07 bits per heavy atom. The van der Waals surface area contributed by atoms with Crippen LogP contribution in [0, 0.1) is 11.8 Å². The predicted molar refractivity (Wildman–Crippen MR) is 65.1 cm³/mol. The average molecular weight is 213 g/mol. The molecule has 0 spiro atoms. The molecule has 1 saturated carbocycles. The van der Waals surface area contributed by atoms with Crippen LogP contribution in [0.25, 0.3) is 0 Å². The fourth-order valence-electron chi connectivity index (χ4n) is 2.85. The quantitative estimate of drug-likeness (QED) is 0.732. The van der Waals surface area contributed by atoms with Crippen molar-refractivity contribution in [3.8, 4) is 0 Å². The molecule has 0 amide bonds. The van der Waals surface area contributed by atoms with Crippen LogP contribution < -0.4 is 5.32 Å². The van der Waals surface area contributed by atoms with Crippen molar-refractivity contribution in [2.24, 2.45) is 11.8 Å². The normalized spacial score (nSPS) is 31.8. The molecule has 0 aromatic rings. The molecular weight excluding hydrogens is 186 g/mol. The molecule has 0 heterocycles. The monoisotopic (exact) mass is 213 g/mol. The highest BCUT2D eigenvalue weighted by atomic mass is 16.5. The number of nitrogens with one attached hydrogen (secondary N) is 1. The van der Waals surface area contributed by atoms with E-state index in [0.29, 0.717) is 0 Å². The van der Waals surface area contributed by atoms with E-state index in [2.05, 4.69) is 19.2 Å². The summed E-state index contributed by atoms with van der Waals surface area (Å²) in [7, 11) is 1.81. The van der Waals surface area contributed by atoms with Gasteiger partial charge in [0.15, 0.2) is 0 Å². The minimum atomic E-state index is 0.743. The molecule has 3 atom stereocenters. The second-order valence-electron chi connectivity index (χ2n) is 4.79. The lowest BCUT2D eigenvalue weighted by atomic mass is 9.75. The number of hydrogen-bond acceptors (Lipinski definition) is 2. The number of hydrogen-bond donors (Lipinski definition) is 1. The van der Waals surface area contributed by atoms with E-state index in [1.54, 1.807) is 0 Å². The maximum absolute atomic E-state index is 5.21. The van der Waals surface area contributed by atoms with Crippen molar-refractivity contribution in [3.05, 3.63) is 0 Å². The zero-order valence-electron chi connectivity index (χ0n) is 10.6. The van der Waals surface area contributed by atoms with Gasteiger partial charge in [-0.25, -0.2) is 0 Å². The summed E-state index contributed by atoms with van der Waals surface area (Å²) in [5.41, 5.74) is 0. The highest BCUT2D eigenvalue weighted by Gasteiger charge is 2.28. The lowest BCUT2D eigenvalue weighted by Gasteiger charge is -2.36. The minimum absolute atomic E-state index is 0.743. The smallest absolute Gasteiger partial charge is 0.0465 e. The Balaban J connectivity index is 2.40. The van der Waals surface area contributed by atoms with Crippen LogP contribution in [0.5, 0.6) is 0 Å². The van der Waals surface area contributed by atoms with Crippen LogP contribution in [-0.4, -0.2) is 26.3 Å². The minimum Gasteiger partial charge on any atom is -0.385 e. The number of ether oxygens (including phenoxy) is 1. The molecule has 0 aromatic carbocycles. The van der Waals surface area contributed by atoms with Gasteiger partial charge in [-0.15, -0.1) is 0 Å². The molecule has 0 bridgehead atoms. The van der Waals surface area contributed by atoms with Crippen molar-refractivity contribution < 1.29 is 4.74 Å². The van der Waals surface area contributed by atoms with Gasteiger partial charge < -0.3 is 10.1 Å². The standard InChI is InChI=1S/C13H27NO/c1-4-11-6-7-13(14-5-2)12(10-11)8-9-15-3/h11-14H,4-10H2,1-3H3. The number of rotatable bonds is 6. The molecule has 3 unspecified atom stereocenters. The van der Waals surface area contributed by atoms with Crippen LogP contribution in [0.3, 0.4) is 0 Å². The predicted octanol–water partition coefficient (Wildman–Crippen LogP) is 2.83. The molecule has 1 aliphatic carbocycles. The molecule has 1 aliphatic rings. The van der Waals surface area contributed by atoms with E-state index in [1.807, 2.05) is 7.11 Å². The van der Waals surface area contributed by atoms with E-state index in [-0.39, 0.29) is 0 Å². The molecule has 0 aliphatic heterocycles. The lowest BCUT2D eigenvalue weighted by Crippen LogP contribution is -2.41. The lowest BCUT2D eigenvalue weighted by molar-refractivity contribution is 0.130. The van der Waals surface area contributed by atoms with Crippen molar-refractivity contribution in [1.29, 1.82) is 0 Å². The molecule has 0 saturated heterocycles. The molecule has 2 heteroatoms. The SMILES string of the molecule is CCNC1CCC(CC)CC1CCOC. The van der Waals surface area contributed by atoms with Gasteiger partial charge in [-0.05, 0) is 44.1 Å². The van der Waals surface area contributed by atoms with Gasteiger partial charge >= 0.3 is 0 Å². The second kappa shape index (κ2) is 7.24. The largest absolute Gasteiger partial charge is 0.385 e. The second-order valence-corrected chi connectivity index (χ2v) is 4.79. The molecule has 90 valence electrons. The summed E-state index contributed by atoms with van der Waals surface area (Å²) in [6.07, 6.45) is 6.75. The van der Waals surface area contributed by atoms with E-state index < -0.39 is 0 Å². The zero-order valence-corrected chi connectivity index (χ0v) is 10.6. The maximum Gasteiger partial charge on any atom is 0.0465 e. The van der Waals surface area contributed by atoms with Gasteiger partial charge in [-0.1, -0.05) is 20.3 Å². The summed E-state index contributed by atoms with van der Waals surface area (Å²) in [4.78, 5) is 0. The number of methoxy groups -OCH3 is 1. The van der Waals surface area contributed by atoms with Crippen LogP contribution >= 0.6 is 0 Å². The van der Waals surface area contributed by atoms with Gasteiger partial charge in [0.05, 0.1) is 0 Å². The molecule has 1 N–H and O–H groups in total. The highest BCUT2D eigenvalue weighted by Crippen LogP contribution is 2.33. The van der Waals surface area contributed by atoms with Gasteiger partial charge in [0.25, 0.3) is 0 Å². The first-order chi connectivity index (χ1) is 7.31. The zero-order chi connectivity index (χ0) is 11.1. The highest BCUT2D eigenvalue weighted by molar-refractivity contribution is 4.84. The summed E-state index contributed by atoms with van der Waals surface area (Å²) in [5, 5.41) is 3.63. The maximum atomic E-state index is 5.21. The summed E-state index contributed by atoms with van der Waals surface area (Å²) in [5.74, 6) is 1.80. The Hall–Kier alpha value is -0.0800. The Morgan fingerprint density at radius 3 is 2.67 bits per heavy atom. The molecule has 0 aromatic heterocycles. The average Bonchev–Trinajstić information content (AvgIpc) is 2.28. The Labute approximate surface area is 94.8 Å². The molecular formula is C13H27NO. The van der Waals surface area contributed by atoms with E-state index in [4.69, 9.17) is 4.74 Å². The third-order valence-electron chi connectivity index (χ3n) is 3.83. The van der Waals surface area contributed by atoms with Gasteiger partial charge in [0.1, 0.15) is 0 Å². The molecule has 1 fully saturated rings. The summed E-state index contributed by atoms with van der Waals surface area (Å²) < 4.78 is 5.21. The first kappa shape index (κ1) is 13.0. The summed E-state index contributed by atoms with van der Waals surface area (Å²) in [6, 6.07) is 0.743. The van der Waals surface area contributed by atoms with Crippen LogP contribution in [0.15, 0.2) is 0 Å². The first-order valence-corrected chi connectivity index (χ1v) is 6.54. The topological polar surface area (TPSA) is 21.3 Å². The fourth-order valence-corrected chi connectivity index (χ4v) is 2.85. The van der Waals surface area contributed by atoms with Gasteiger partial charge in [-0.2, -0.15) is 0 Å². The van der Waals surface area contributed by atoms with Gasteiger partial charge in [0, 0.05) is 19.8 Å². The van der Waals surface area contributed by atoms with Crippen LogP contribution in [0.2, 0.25) is 0 Å². The first-order valence-electron chi connectivity index (χ1n) is 6.54. The molecule has 2 nitrogen and oxygen atoms in total. The molecule has 0 radical (unpaired) electrons. The van der Waals surface area contributed by atoms with Gasteiger partial charge in [0.2, 0.25) is 0 Å². The van der Waals surface area contributed by atoms with Crippen molar-refractivity contribution in [2.75, 3.05) is 20.3 Å². The van der Waals surface area contributed by atoms with E-state index in [1.165, 1.54) is 32.1 Å². The van der Waals surface area contributed by atoms with E-state index >= 15 is 0 Å². The van der Waals surface area contributed by atoms with E-state index in [9.17, 15) is 0 Å². The third kappa shape index (κ3) is 4.12. The van der Waals surface area contributed by atoms with Crippen LogP contribution in [0.4, 0.5) is 0 Å². The Kier molecular flexibility index (Phi) is 6.26. The van der Waals surface area contributed by atoms with E-state index in [0.717, 1.165) is 31.0 Å². The summed E-state index contributed by atoms with van der Waals surface area (Å²) in [6.45, 7) is 6.55. The van der Waals surface area contributed by atoms with Crippen LogP contribution in [-0.2, 0) is 4.74 Å². The summed E-state index contributed by atoms with van der Waals surface area (Å²) >= 11 is 0. The Morgan fingerprint density at radius 1 is 1.27 bits per heavy atom. The van der Waals surface area contributed by atoms with Crippen molar-refractivity contribution >= 4 is 0 Å². The van der Waals surface area contributed by atoms with Crippen molar-refractivity contribution in [2.45, 2.75) is 52.0 Å². The van der Waals surface area contributed by atoms with Crippen molar-refractivity contribution in [3.63, 3.8) is 0 Å². The third-order valence-corrected chi connectivity index (χ3v) is 3.83. The molecule has 15 heavy (non-hydrogen) atoms. The van der Waals surface area contributed by atoms with Gasteiger partial charge in [-0.3, -0.25) is 0 Å². The van der Waals surface area contributed by atoms with Crippen molar-refractivity contribution in [1.82, 2.24) is 5.32 Å². The Bertz CT molecular complexity index is 161. The fraction of sp³-hybridized carbons (Fsp3) is 1.00.